The standard InChI is InChI=1S/C18H17ClO4/c1-3-22-17(20)11-23-16-9-4-12(2)10-15(16)18(21)13-5-7-14(19)8-6-13/h4-10H,3,11H2,1-2H3. The molecule has 2 aromatic carbocycles. The summed E-state index contributed by atoms with van der Waals surface area (Å²) in [4.78, 5) is 24.1. The fourth-order valence-electron chi connectivity index (χ4n) is 2.04. The molecule has 0 N–H and O–H groups in total. The maximum Gasteiger partial charge on any atom is 0.344 e. The van der Waals surface area contributed by atoms with Crippen molar-refractivity contribution >= 4 is 23.4 Å². The number of aryl methyl sites for hydroxylation is 1. The largest absolute Gasteiger partial charge is 0.481 e. The van der Waals surface area contributed by atoms with Crippen LogP contribution in [0, 0.1) is 6.92 Å². The molecule has 0 bridgehead atoms. The van der Waals surface area contributed by atoms with Gasteiger partial charge in [0.05, 0.1) is 12.2 Å². The molecule has 120 valence electrons. The average Bonchev–Trinajstić information content (AvgIpc) is 2.54. The molecule has 5 heteroatoms. The van der Waals surface area contributed by atoms with E-state index in [9.17, 15) is 9.59 Å². The molecular weight excluding hydrogens is 316 g/mol. The SMILES string of the molecule is CCOC(=O)COc1ccc(C)cc1C(=O)c1ccc(Cl)cc1. The average molecular weight is 333 g/mol. The Kier molecular flexibility index (Phi) is 5.77. The maximum absolute atomic E-state index is 12.7. The zero-order valence-corrected chi connectivity index (χ0v) is 13.7. The zero-order valence-electron chi connectivity index (χ0n) is 13.0. The van der Waals surface area contributed by atoms with Crippen LogP contribution in [0.3, 0.4) is 0 Å². The van der Waals surface area contributed by atoms with Crippen molar-refractivity contribution in [2.75, 3.05) is 13.2 Å². The first-order valence-corrected chi connectivity index (χ1v) is 7.58. The van der Waals surface area contributed by atoms with Crippen molar-refractivity contribution < 1.29 is 19.1 Å². The van der Waals surface area contributed by atoms with Crippen LogP contribution < -0.4 is 4.74 Å². The van der Waals surface area contributed by atoms with Crippen LogP contribution in [-0.2, 0) is 9.53 Å². The first-order chi connectivity index (χ1) is 11.0. The molecule has 0 saturated carbocycles. The summed E-state index contributed by atoms with van der Waals surface area (Å²) in [6, 6.07) is 11.9. The van der Waals surface area contributed by atoms with E-state index in [-0.39, 0.29) is 19.0 Å². The second-order valence-electron chi connectivity index (χ2n) is 4.93. The van der Waals surface area contributed by atoms with E-state index in [1.807, 2.05) is 13.0 Å². The van der Waals surface area contributed by atoms with Crippen LogP contribution in [0.2, 0.25) is 5.02 Å². The van der Waals surface area contributed by atoms with E-state index in [4.69, 9.17) is 21.1 Å². The summed E-state index contributed by atoms with van der Waals surface area (Å²) in [5.74, 6) is -0.314. The molecule has 0 atom stereocenters. The smallest absolute Gasteiger partial charge is 0.344 e. The van der Waals surface area contributed by atoms with Gasteiger partial charge < -0.3 is 9.47 Å². The van der Waals surface area contributed by atoms with Gasteiger partial charge in [0.1, 0.15) is 5.75 Å². The van der Waals surface area contributed by atoms with Crippen molar-refractivity contribution in [3.63, 3.8) is 0 Å². The number of ether oxygens (including phenoxy) is 2. The Labute approximate surface area is 140 Å². The number of hydrogen-bond acceptors (Lipinski definition) is 4. The van der Waals surface area contributed by atoms with E-state index < -0.39 is 5.97 Å². The number of ketones is 1. The van der Waals surface area contributed by atoms with E-state index >= 15 is 0 Å². The van der Waals surface area contributed by atoms with Gasteiger partial charge in [-0.05, 0) is 50.2 Å². The number of benzene rings is 2. The third-order valence-electron chi connectivity index (χ3n) is 3.14. The number of hydrogen-bond donors (Lipinski definition) is 0. The Morgan fingerprint density at radius 2 is 1.78 bits per heavy atom. The molecule has 0 amide bonds. The molecule has 0 fully saturated rings. The summed E-state index contributed by atoms with van der Waals surface area (Å²) in [7, 11) is 0. The van der Waals surface area contributed by atoms with Crippen molar-refractivity contribution in [1.29, 1.82) is 0 Å². The van der Waals surface area contributed by atoms with Gasteiger partial charge in [-0.15, -0.1) is 0 Å². The molecule has 0 aliphatic rings. The van der Waals surface area contributed by atoms with Crippen LogP contribution in [0.25, 0.3) is 0 Å². The van der Waals surface area contributed by atoms with Crippen molar-refractivity contribution in [2.45, 2.75) is 13.8 Å². The Bertz CT molecular complexity index is 707. The van der Waals surface area contributed by atoms with E-state index in [1.165, 1.54) is 0 Å². The van der Waals surface area contributed by atoms with Crippen LogP contribution in [-0.4, -0.2) is 25.0 Å². The van der Waals surface area contributed by atoms with E-state index in [1.54, 1.807) is 43.3 Å². The van der Waals surface area contributed by atoms with E-state index in [2.05, 4.69) is 0 Å². The molecule has 4 nitrogen and oxygen atoms in total. The highest BCUT2D eigenvalue weighted by molar-refractivity contribution is 6.30. The molecule has 0 aliphatic heterocycles. The third-order valence-corrected chi connectivity index (χ3v) is 3.39. The van der Waals surface area contributed by atoms with E-state index in [0.717, 1.165) is 5.56 Å². The fraction of sp³-hybridized carbons (Fsp3) is 0.222. The molecule has 0 heterocycles. The fourth-order valence-corrected chi connectivity index (χ4v) is 2.17. The molecule has 2 aromatic rings. The second-order valence-corrected chi connectivity index (χ2v) is 5.37. The molecule has 0 radical (unpaired) electrons. The lowest BCUT2D eigenvalue weighted by Gasteiger charge is -2.11. The zero-order chi connectivity index (χ0) is 16.8. The van der Waals surface area contributed by atoms with Gasteiger partial charge in [-0.2, -0.15) is 0 Å². The molecule has 0 saturated heterocycles. The Balaban J connectivity index is 2.26. The molecule has 2 rings (SSSR count). The maximum atomic E-state index is 12.7. The normalized spacial score (nSPS) is 10.2. The molecule has 0 aliphatic carbocycles. The topological polar surface area (TPSA) is 52.6 Å². The quantitative estimate of drug-likeness (QED) is 0.596. The summed E-state index contributed by atoms with van der Waals surface area (Å²) >= 11 is 5.85. The summed E-state index contributed by atoms with van der Waals surface area (Å²) in [6.07, 6.45) is 0. The summed E-state index contributed by atoms with van der Waals surface area (Å²) in [6.45, 7) is 3.65. The first kappa shape index (κ1) is 17.0. The third kappa shape index (κ3) is 4.57. The number of halogens is 1. The Morgan fingerprint density at radius 3 is 2.43 bits per heavy atom. The summed E-state index contributed by atoms with van der Waals surface area (Å²) in [5, 5.41) is 0.560. The van der Waals surface area contributed by atoms with Gasteiger partial charge in [-0.25, -0.2) is 4.79 Å². The van der Waals surface area contributed by atoms with Gasteiger partial charge in [-0.1, -0.05) is 23.2 Å². The van der Waals surface area contributed by atoms with Crippen molar-refractivity contribution in [3.8, 4) is 5.75 Å². The van der Waals surface area contributed by atoms with Crippen LogP contribution >= 0.6 is 11.6 Å². The Hall–Kier alpha value is -2.33. The lowest BCUT2D eigenvalue weighted by Crippen LogP contribution is -2.16. The number of esters is 1. The van der Waals surface area contributed by atoms with Gasteiger partial charge in [0, 0.05) is 10.6 Å². The minimum atomic E-state index is -0.474. The number of rotatable bonds is 6. The highest BCUT2D eigenvalue weighted by Crippen LogP contribution is 2.24. The van der Waals surface area contributed by atoms with Gasteiger partial charge in [-0.3, -0.25) is 4.79 Å². The highest BCUT2D eigenvalue weighted by atomic mass is 35.5. The van der Waals surface area contributed by atoms with Crippen LogP contribution in [0.15, 0.2) is 42.5 Å². The monoisotopic (exact) mass is 332 g/mol. The van der Waals surface area contributed by atoms with Gasteiger partial charge in [0.2, 0.25) is 0 Å². The second kappa shape index (κ2) is 7.79. The van der Waals surface area contributed by atoms with Gasteiger partial charge >= 0.3 is 5.97 Å². The minimum Gasteiger partial charge on any atom is -0.481 e. The predicted molar refractivity (Wildman–Crippen MR) is 88.2 cm³/mol. The van der Waals surface area contributed by atoms with Crippen LogP contribution in [0.5, 0.6) is 5.75 Å². The van der Waals surface area contributed by atoms with Crippen molar-refractivity contribution in [3.05, 3.63) is 64.2 Å². The number of carbonyl (C=O) groups excluding carboxylic acids is 2. The molecule has 0 spiro atoms. The van der Waals surface area contributed by atoms with E-state index in [0.29, 0.717) is 21.9 Å². The van der Waals surface area contributed by atoms with Gasteiger partial charge in [0.15, 0.2) is 12.4 Å². The lowest BCUT2D eigenvalue weighted by molar-refractivity contribution is -0.145. The predicted octanol–water partition coefficient (Wildman–Crippen LogP) is 3.82. The van der Waals surface area contributed by atoms with Gasteiger partial charge in [0.25, 0.3) is 0 Å². The van der Waals surface area contributed by atoms with Crippen molar-refractivity contribution in [2.24, 2.45) is 0 Å². The molecule has 0 aromatic heterocycles. The molecular formula is C18H17ClO4. The summed E-state index contributed by atoms with van der Waals surface area (Å²) < 4.78 is 10.3. The number of carbonyl (C=O) groups is 2. The van der Waals surface area contributed by atoms with Crippen LogP contribution in [0.1, 0.15) is 28.4 Å². The summed E-state index contributed by atoms with van der Waals surface area (Å²) in [5.41, 5.74) is 1.82. The highest BCUT2D eigenvalue weighted by Gasteiger charge is 2.16. The Morgan fingerprint density at radius 1 is 1.09 bits per heavy atom. The molecule has 23 heavy (non-hydrogen) atoms. The van der Waals surface area contributed by atoms with Crippen LogP contribution in [0.4, 0.5) is 0 Å². The lowest BCUT2D eigenvalue weighted by atomic mass is 10.0. The minimum absolute atomic E-state index is 0.191. The first-order valence-electron chi connectivity index (χ1n) is 7.20. The van der Waals surface area contributed by atoms with Crippen molar-refractivity contribution in [1.82, 2.24) is 0 Å². The molecule has 0 unspecified atom stereocenters.